The Morgan fingerprint density at radius 3 is 2.04 bits per heavy atom. The molecule has 0 bridgehead atoms. The van der Waals surface area contributed by atoms with E-state index in [1.165, 1.54) is 0 Å². The summed E-state index contributed by atoms with van der Waals surface area (Å²) in [4.78, 5) is 14.2. The van der Waals surface area contributed by atoms with Crippen molar-refractivity contribution in [1.82, 2.24) is 9.21 Å². The standard InChI is InChI=1S/C18H26N2O4S/c1-12-11-13(2)15(4)17(14(12)3)25(22,23)20-8-6-19(7-9-20)16-5-10-24-18(16)21/h11,16H,5-10H2,1-4H3/t16-/m1/s1. The molecular formula is C18H26N2O4S. The van der Waals surface area contributed by atoms with Gasteiger partial charge in [0, 0.05) is 32.6 Å². The van der Waals surface area contributed by atoms with E-state index in [4.69, 9.17) is 4.74 Å². The normalized spacial score (nSPS) is 23.0. The molecule has 0 amide bonds. The fourth-order valence-corrected chi connectivity index (χ4v) is 5.77. The van der Waals surface area contributed by atoms with Gasteiger partial charge in [-0.15, -0.1) is 0 Å². The third-order valence-electron chi connectivity index (χ3n) is 5.52. The Labute approximate surface area is 149 Å². The van der Waals surface area contributed by atoms with E-state index >= 15 is 0 Å². The average Bonchev–Trinajstić information content (AvgIpc) is 2.99. The van der Waals surface area contributed by atoms with Crippen LogP contribution in [0.1, 0.15) is 28.7 Å². The van der Waals surface area contributed by atoms with Crippen LogP contribution in [0.25, 0.3) is 0 Å². The number of aryl methyl sites for hydroxylation is 2. The summed E-state index contributed by atoms with van der Waals surface area (Å²) in [6, 6.07) is 1.82. The first-order valence-corrected chi connectivity index (χ1v) is 10.2. The number of carbonyl (C=O) groups excluding carboxylic acids is 1. The quantitative estimate of drug-likeness (QED) is 0.759. The number of hydrogen-bond acceptors (Lipinski definition) is 5. The molecule has 7 heteroatoms. The zero-order chi connectivity index (χ0) is 18.4. The van der Waals surface area contributed by atoms with E-state index in [0.717, 1.165) is 22.3 Å². The molecule has 0 N–H and O–H groups in total. The number of carbonyl (C=O) groups is 1. The van der Waals surface area contributed by atoms with Gasteiger partial charge >= 0.3 is 5.97 Å². The van der Waals surface area contributed by atoms with Gasteiger partial charge < -0.3 is 4.74 Å². The van der Waals surface area contributed by atoms with Crippen LogP contribution >= 0.6 is 0 Å². The maximum atomic E-state index is 13.2. The molecule has 0 saturated carbocycles. The van der Waals surface area contributed by atoms with Gasteiger partial charge in [0.1, 0.15) is 6.04 Å². The fraction of sp³-hybridized carbons (Fsp3) is 0.611. The number of piperazine rings is 1. The highest BCUT2D eigenvalue weighted by Crippen LogP contribution is 2.29. The molecule has 0 unspecified atom stereocenters. The molecule has 1 aromatic rings. The van der Waals surface area contributed by atoms with E-state index in [9.17, 15) is 13.2 Å². The highest BCUT2D eigenvalue weighted by molar-refractivity contribution is 7.89. The Balaban J connectivity index is 1.82. The van der Waals surface area contributed by atoms with Crippen LogP contribution in [0.5, 0.6) is 0 Å². The zero-order valence-corrected chi connectivity index (χ0v) is 16.1. The predicted octanol–water partition coefficient (Wildman–Crippen LogP) is 1.54. The van der Waals surface area contributed by atoms with E-state index in [2.05, 4.69) is 0 Å². The van der Waals surface area contributed by atoms with Crippen LogP contribution in [0, 0.1) is 27.7 Å². The molecule has 138 valence electrons. The predicted molar refractivity (Wildman–Crippen MR) is 95.1 cm³/mol. The lowest BCUT2D eigenvalue weighted by Crippen LogP contribution is -2.53. The van der Waals surface area contributed by atoms with Gasteiger partial charge in [-0.2, -0.15) is 4.31 Å². The summed E-state index contributed by atoms with van der Waals surface area (Å²) in [5.74, 6) is -0.183. The molecule has 2 aliphatic rings. The maximum Gasteiger partial charge on any atom is 0.323 e. The summed E-state index contributed by atoms with van der Waals surface area (Å²) in [6.45, 7) is 10.0. The highest BCUT2D eigenvalue weighted by atomic mass is 32.2. The molecule has 0 aromatic heterocycles. The van der Waals surface area contributed by atoms with Gasteiger partial charge in [0.15, 0.2) is 0 Å². The number of rotatable bonds is 3. The molecule has 0 radical (unpaired) electrons. The minimum atomic E-state index is -3.54. The van der Waals surface area contributed by atoms with Crippen molar-refractivity contribution in [2.75, 3.05) is 32.8 Å². The topological polar surface area (TPSA) is 66.9 Å². The lowest BCUT2D eigenvalue weighted by molar-refractivity contribution is -0.142. The Morgan fingerprint density at radius 1 is 1.00 bits per heavy atom. The summed E-state index contributed by atoms with van der Waals surface area (Å²) in [7, 11) is -3.54. The molecule has 2 fully saturated rings. The summed E-state index contributed by atoms with van der Waals surface area (Å²) in [5, 5.41) is 0. The van der Waals surface area contributed by atoms with E-state index in [1.807, 2.05) is 38.7 Å². The molecule has 0 aliphatic carbocycles. The lowest BCUT2D eigenvalue weighted by atomic mass is 10.0. The lowest BCUT2D eigenvalue weighted by Gasteiger charge is -2.36. The monoisotopic (exact) mass is 366 g/mol. The van der Waals surface area contributed by atoms with Crippen molar-refractivity contribution in [1.29, 1.82) is 0 Å². The summed E-state index contributed by atoms with van der Waals surface area (Å²) in [5.41, 5.74) is 3.64. The molecule has 2 saturated heterocycles. The van der Waals surface area contributed by atoms with Crippen molar-refractivity contribution in [3.8, 4) is 0 Å². The minimum absolute atomic E-state index is 0.183. The fourth-order valence-electron chi connectivity index (χ4n) is 3.77. The van der Waals surface area contributed by atoms with E-state index in [-0.39, 0.29) is 12.0 Å². The zero-order valence-electron chi connectivity index (χ0n) is 15.3. The van der Waals surface area contributed by atoms with Crippen LogP contribution in [0.2, 0.25) is 0 Å². The van der Waals surface area contributed by atoms with Crippen LogP contribution in [0.15, 0.2) is 11.0 Å². The molecule has 3 rings (SSSR count). The third-order valence-corrected chi connectivity index (χ3v) is 7.69. The van der Waals surface area contributed by atoms with E-state index < -0.39 is 10.0 Å². The van der Waals surface area contributed by atoms with E-state index in [1.54, 1.807) is 4.31 Å². The van der Waals surface area contributed by atoms with Gasteiger partial charge in [0.05, 0.1) is 11.5 Å². The van der Waals surface area contributed by atoms with Gasteiger partial charge in [-0.3, -0.25) is 9.69 Å². The SMILES string of the molecule is Cc1cc(C)c(C)c(S(=O)(=O)N2CCN([C@@H]3CCOC3=O)CC2)c1C. The number of hydrogen-bond donors (Lipinski definition) is 0. The molecule has 1 atom stereocenters. The smallest absolute Gasteiger partial charge is 0.323 e. The Hall–Kier alpha value is -1.44. The van der Waals surface area contributed by atoms with Crippen molar-refractivity contribution in [3.05, 3.63) is 28.3 Å². The second-order valence-electron chi connectivity index (χ2n) is 7.00. The molecule has 2 heterocycles. The van der Waals surface area contributed by atoms with Crippen molar-refractivity contribution < 1.29 is 17.9 Å². The molecule has 1 aromatic carbocycles. The molecular weight excluding hydrogens is 340 g/mol. The van der Waals surface area contributed by atoms with Gasteiger partial charge in [-0.1, -0.05) is 6.07 Å². The van der Waals surface area contributed by atoms with Crippen LogP contribution in [-0.2, 0) is 19.6 Å². The van der Waals surface area contributed by atoms with Gasteiger partial charge in [-0.25, -0.2) is 8.42 Å². The second-order valence-corrected chi connectivity index (χ2v) is 8.88. The number of nitrogens with zero attached hydrogens (tertiary/aromatic N) is 2. The highest BCUT2D eigenvalue weighted by Gasteiger charge is 2.37. The van der Waals surface area contributed by atoms with Gasteiger partial charge in [0.2, 0.25) is 10.0 Å². The Morgan fingerprint density at radius 2 is 1.56 bits per heavy atom. The first kappa shape index (κ1) is 18.4. The molecule has 6 nitrogen and oxygen atoms in total. The number of cyclic esters (lactones) is 1. The number of sulfonamides is 1. The minimum Gasteiger partial charge on any atom is -0.464 e. The third kappa shape index (κ3) is 3.20. The average molecular weight is 366 g/mol. The van der Waals surface area contributed by atoms with Crippen molar-refractivity contribution in [2.45, 2.75) is 45.1 Å². The molecule has 0 spiro atoms. The summed E-state index contributed by atoms with van der Waals surface area (Å²) in [6.07, 6.45) is 0.695. The van der Waals surface area contributed by atoms with Crippen molar-refractivity contribution in [2.24, 2.45) is 0 Å². The second kappa shape index (κ2) is 6.70. The number of esters is 1. The summed E-state index contributed by atoms with van der Waals surface area (Å²) >= 11 is 0. The van der Waals surface area contributed by atoms with Gasteiger partial charge in [-0.05, 0) is 49.9 Å². The van der Waals surface area contributed by atoms with Crippen molar-refractivity contribution in [3.63, 3.8) is 0 Å². The number of ether oxygens (including phenoxy) is 1. The maximum absolute atomic E-state index is 13.2. The first-order valence-electron chi connectivity index (χ1n) is 8.71. The van der Waals surface area contributed by atoms with Crippen LogP contribution in [-0.4, -0.2) is 62.4 Å². The first-order chi connectivity index (χ1) is 11.7. The van der Waals surface area contributed by atoms with Gasteiger partial charge in [0.25, 0.3) is 0 Å². The Bertz CT molecular complexity index is 770. The van der Waals surface area contributed by atoms with Crippen LogP contribution < -0.4 is 0 Å². The van der Waals surface area contributed by atoms with E-state index in [0.29, 0.717) is 44.1 Å². The summed E-state index contributed by atoms with van der Waals surface area (Å²) < 4.78 is 33.1. The Kier molecular flexibility index (Phi) is 4.92. The molecule has 25 heavy (non-hydrogen) atoms. The van der Waals surface area contributed by atoms with Crippen molar-refractivity contribution >= 4 is 16.0 Å². The molecule has 2 aliphatic heterocycles. The number of benzene rings is 1. The van der Waals surface area contributed by atoms with Crippen LogP contribution in [0.4, 0.5) is 0 Å². The van der Waals surface area contributed by atoms with Crippen LogP contribution in [0.3, 0.4) is 0 Å². The largest absolute Gasteiger partial charge is 0.464 e.